The second-order valence-electron chi connectivity index (χ2n) is 9.92. The SMILES string of the molecule is CC[C@@H](C(=O)OCCOC(=O)[C@H](CC)N(COC)C(=O)OC(C)(C)C)N(COC)C(=O)OC(C)(C)C. The van der Waals surface area contributed by atoms with Crippen LogP contribution < -0.4 is 0 Å². The Bertz CT molecular complexity index is 655. The molecule has 0 rings (SSSR count). The van der Waals surface area contributed by atoms with Crippen LogP contribution in [0.5, 0.6) is 0 Å². The maximum Gasteiger partial charge on any atom is 0.412 e. The van der Waals surface area contributed by atoms with Gasteiger partial charge in [-0.3, -0.25) is 9.80 Å². The molecule has 0 heterocycles. The molecular weight excluding hydrogens is 476 g/mol. The molecule has 0 bridgehead atoms. The monoisotopic (exact) mass is 520 g/mol. The molecule has 0 N–H and O–H groups in total. The topological polar surface area (TPSA) is 130 Å². The number of carbonyl (C=O) groups excluding carboxylic acids is 4. The molecule has 2 amide bonds. The van der Waals surface area contributed by atoms with Gasteiger partial charge in [0.2, 0.25) is 0 Å². The van der Waals surface area contributed by atoms with Gasteiger partial charge in [-0.05, 0) is 54.4 Å². The first-order valence-corrected chi connectivity index (χ1v) is 11.9. The lowest BCUT2D eigenvalue weighted by molar-refractivity contribution is -0.160. The van der Waals surface area contributed by atoms with Crippen LogP contribution in [0.3, 0.4) is 0 Å². The van der Waals surface area contributed by atoms with Gasteiger partial charge in [0.15, 0.2) is 0 Å². The van der Waals surface area contributed by atoms with E-state index in [2.05, 4.69) is 0 Å². The molecule has 0 fully saturated rings. The summed E-state index contributed by atoms with van der Waals surface area (Å²) < 4.78 is 31.3. The molecule has 2 atom stereocenters. The van der Waals surface area contributed by atoms with Crippen LogP contribution in [-0.2, 0) is 38.0 Å². The van der Waals surface area contributed by atoms with E-state index in [4.69, 9.17) is 28.4 Å². The first-order valence-electron chi connectivity index (χ1n) is 11.9. The number of nitrogens with zero attached hydrogens (tertiary/aromatic N) is 2. The number of rotatable bonds is 13. The Labute approximate surface area is 214 Å². The van der Waals surface area contributed by atoms with Crippen LogP contribution >= 0.6 is 0 Å². The summed E-state index contributed by atoms with van der Waals surface area (Å²) in [6, 6.07) is -1.91. The number of amides is 2. The van der Waals surface area contributed by atoms with Gasteiger partial charge in [-0.25, -0.2) is 19.2 Å². The van der Waals surface area contributed by atoms with Gasteiger partial charge in [-0.1, -0.05) is 13.8 Å². The predicted molar refractivity (Wildman–Crippen MR) is 130 cm³/mol. The lowest BCUT2D eigenvalue weighted by Crippen LogP contribution is -2.49. The highest BCUT2D eigenvalue weighted by Gasteiger charge is 2.34. The van der Waals surface area contributed by atoms with Gasteiger partial charge in [-0.15, -0.1) is 0 Å². The number of esters is 2. The summed E-state index contributed by atoms with van der Waals surface area (Å²) in [6.45, 7) is 12.9. The maximum absolute atomic E-state index is 12.7. The second-order valence-corrected chi connectivity index (χ2v) is 9.92. The number of ether oxygens (including phenoxy) is 6. The average Bonchev–Trinajstić information content (AvgIpc) is 2.74. The fourth-order valence-electron chi connectivity index (χ4n) is 2.96. The van der Waals surface area contributed by atoms with E-state index in [1.807, 2.05) is 0 Å². The Morgan fingerprint density at radius 2 is 0.944 bits per heavy atom. The lowest BCUT2D eigenvalue weighted by Gasteiger charge is -2.31. The van der Waals surface area contributed by atoms with E-state index in [9.17, 15) is 19.2 Å². The first-order chi connectivity index (χ1) is 16.6. The molecule has 0 aliphatic carbocycles. The van der Waals surface area contributed by atoms with Crippen molar-refractivity contribution in [3.8, 4) is 0 Å². The third kappa shape index (κ3) is 12.4. The van der Waals surface area contributed by atoms with E-state index in [1.54, 1.807) is 55.4 Å². The fraction of sp³-hybridized carbons (Fsp3) is 0.833. The smallest absolute Gasteiger partial charge is 0.412 e. The standard InChI is InChI=1S/C24H44N2O10/c1-11-17(25(15-31-9)21(29)35-23(3,4)5)19(27)33-13-14-34-20(28)18(12-2)26(16-32-10)22(30)36-24(6,7)8/h17-18H,11-16H2,1-10H3/t17-,18-/m0/s1. The third-order valence-corrected chi connectivity index (χ3v) is 4.43. The number of carbonyl (C=O) groups is 4. The molecule has 0 aromatic rings. The Morgan fingerprint density at radius 3 is 1.17 bits per heavy atom. The number of methoxy groups -OCH3 is 2. The minimum atomic E-state index is -0.955. The predicted octanol–water partition coefficient (Wildman–Crippen LogP) is 3.31. The summed E-state index contributed by atoms with van der Waals surface area (Å²) in [6.07, 6.45) is -0.932. The van der Waals surface area contributed by atoms with Gasteiger partial charge in [0, 0.05) is 14.2 Å². The number of hydrogen-bond acceptors (Lipinski definition) is 10. The van der Waals surface area contributed by atoms with E-state index in [0.717, 1.165) is 9.80 Å². The molecule has 0 aromatic heterocycles. The summed E-state index contributed by atoms with van der Waals surface area (Å²) in [4.78, 5) is 52.7. The van der Waals surface area contributed by atoms with Crippen LogP contribution in [0.25, 0.3) is 0 Å². The molecule has 12 heteroatoms. The molecule has 0 spiro atoms. The molecule has 12 nitrogen and oxygen atoms in total. The Kier molecular flexibility index (Phi) is 14.4. The van der Waals surface area contributed by atoms with Crippen molar-refractivity contribution in [3.05, 3.63) is 0 Å². The molecule has 0 radical (unpaired) electrons. The molecule has 0 aliphatic heterocycles. The Morgan fingerprint density at radius 1 is 0.639 bits per heavy atom. The highest BCUT2D eigenvalue weighted by Crippen LogP contribution is 2.16. The van der Waals surface area contributed by atoms with Crippen LogP contribution in [0.15, 0.2) is 0 Å². The van der Waals surface area contributed by atoms with Gasteiger partial charge in [-0.2, -0.15) is 0 Å². The van der Waals surface area contributed by atoms with Crippen molar-refractivity contribution in [1.29, 1.82) is 0 Å². The molecule has 0 saturated carbocycles. The van der Waals surface area contributed by atoms with E-state index in [-0.39, 0.29) is 39.5 Å². The van der Waals surface area contributed by atoms with Crippen molar-refractivity contribution < 1.29 is 47.6 Å². The molecule has 0 saturated heterocycles. The largest absolute Gasteiger partial charge is 0.461 e. The van der Waals surface area contributed by atoms with Crippen LogP contribution in [0.1, 0.15) is 68.2 Å². The van der Waals surface area contributed by atoms with E-state index < -0.39 is 47.4 Å². The van der Waals surface area contributed by atoms with Crippen molar-refractivity contribution >= 4 is 24.1 Å². The summed E-state index contributed by atoms with van der Waals surface area (Å²) in [5.74, 6) is -1.39. The Hall–Kier alpha value is -2.60. The minimum Gasteiger partial charge on any atom is -0.461 e. The van der Waals surface area contributed by atoms with Gasteiger partial charge in [0.25, 0.3) is 0 Å². The van der Waals surface area contributed by atoms with Crippen molar-refractivity contribution in [1.82, 2.24) is 9.80 Å². The third-order valence-electron chi connectivity index (χ3n) is 4.43. The second kappa shape index (κ2) is 15.5. The summed E-state index contributed by atoms with van der Waals surface area (Å²) in [7, 11) is 2.78. The van der Waals surface area contributed by atoms with Gasteiger partial charge < -0.3 is 28.4 Å². The molecule has 0 unspecified atom stereocenters. The minimum absolute atomic E-state index is 0.171. The summed E-state index contributed by atoms with van der Waals surface area (Å²) in [5, 5.41) is 0. The summed E-state index contributed by atoms with van der Waals surface area (Å²) >= 11 is 0. The highest BCUT2D eigenvalue weighted by molar-refractivity contribution is 5.82. The zero-order valence-corrected chi connectivity index (χ0v) is 23.4. The highest BCUT2D eigenvalue weighted by atomic mass is 16.6. The van der Waals surface area contributed by atoms with Gasteiger partial charge in [0.05, 0.1) is 0 Å². The van der Waals surface area contributed by atoms with Crippen molar-refractivity contribution in [2.75, 3.05) is 40.9 Å². The van der Waals surface area contributed by atoms with E-state index in [0.29, 0.717) is 0 Å². The van der Waals surface area contributed by atoms with Crippen molar-refractivity contribution in [2.45, 2.75) is 91.5 Å². The van der Waals surface area contributed by atoms with Crippen LogP contribution in [0, 0.1) is 0 Å². The zero-order chi connectivity index (χ0) is 28.1. The first kappa shape index (κ1) is 33.4. The quantitative estimate of drug-likeness (QED) is 0.154. The molecule has 36 heavy (non-hydrogen) atoms. The van der Waals surface area contributed by atoms with E-state index in [1.165, 1.54) is 14.2 Å². The molecule has 0 aliphatic rings. The molecule has 210 valence electrons. The van der Waals surface area contributed by atoms with Crippen LogP contribution in [-0.4, -0.2) is 98.1 Å². The lowest BCUT2D eigenvalue weighted by atomic mass is 10.2. The van der Waals surface area contributed by atoms with Gasteiger partial charge >= 0.3 is 24.1 Å². The molecular formula is C24H44N2O10. The van der Waals surface area contributed by atoms with E-state index >= 15 is 0 Å². The fourth-order valence-corrected chi connectivity index (χ4v) is 2.96. The number of hydrogen-bond donors (Lipinski definition) is 0. The van der Waals surface area contributed by atoms with Crippen molar-refractivity contribution in [2.24, 2.45) is 0 Å². The van der Waals surface area contributed by atoms with Crippen LogP contribution in [0.4, 0.5) is 9.59 Å². The van der Waals surface area contributed by atoms with Crippen LogP contribution in [0.2, 0.25) is 0 Å². The maximum atomic E-state index is 12.7. The molecule has 0 aromatic carbocycles. The zero-order valence-electron chi connectivity index (χ0n) is 23.4. The average molecular weight is 521 g/mol. The Balaban J connectivity index is 5.08. The summed E-state index contributed by atoms with van der Waals surface area (Å²) in [5.41, 5.74) is -1.52. The van der Waals surface area contributed by atoms with Gasteiger partial charge in [0.1, 0.15) is 50.0 Å². The normalized spacial score (nSPS) is 13.3. The van der Waals surface area contributed by atoms with Crippen molar-refractivity contribution in [3.63, 3.8) is 0 Å².